The van der Waals surface area contributed by atoms with Crippen molar-refractivity contribution in [1.82, 2.24) is 34.6 Å². The molecule has 124 valence electrons. The maximum absolute atomic E-state index is 4.72. The van der Waals surface area contributed by atoms with Crippen molar-refractivity contribution >= 4 is 11.3 Å². The number of piperidine rings is 1. The Kier molecular flexibility index (Phi) is 4.57. The van der Waals surface area contributed by atoms with Crippen LogP contribution in [0.5, 0.6) is 0 Å². The number of thiazole rings is 1. The minimum absolute atomic E-state index is 0.485. The average Bonchev–Trinajstić information content (AvgIpc) is 3.29. The van der Waals surface area contributed by atoms with E-state index in [1.807, 2.05) is 10.7 Å². The first-order chi connectivity index (χ1) is 11.9. The van der Waals surface area contributed by atoms with Gasteiger partial charge in [-0.1, -0.05) is 6.42 Å². The van der Waals surface area contributed by atoms with Gasteiger partial charge in [-0.3, -0.25) is 9.58 Å². The monoisotopic (exact) mass is 341 g/mol. The molecule has 0 saturated carbocycles. The fourth-order valence-electron chi connectivity index (χ4n) is 3.12. The molecule has 7 nitrogen and oxygen atoms in total. The third-order valence-corrected chi connectivity index (χ3v) is 5.17. The molecule has 3 aromatic heterocycles. The SMILES string of the molecule is c1cnc(-c2nc(CN3CCCCC3Cn3cncn3)cs2)nc1. The summed E-state index contributed by atoms with van der Waals surface area (Å²) in [6, 6.07) is 2.30. The van der Waals surface area contributed by atoms with Crippen molar-refractivity contribution in [1.29, 1.82) is 0 Å². The highest BCUT2D eigenvalue weighted by molar-refractivity contribution is 7.13. The molecular weight excluding hydrogens is 322 g/mol. The molecule has 0 aromatic carbocycles. The van der Waals surface area contributed by atoms with Gasteiger partial charge < -0.3 is 0 Å². The normalized spacial score (nSPS) is 18.8. The lowest BCUT2D eigenvalue weighted by atomic mass is 10.0. The molecule has 4 rings (SSSR count). The second-order valence-corrected chi connectivity index (χ2v) is 6.81. The van der Waals surface area contributed by atoms with Crippen LogP contribution >= 0.6 is 11.3 Å². The zero-order chi connectivity index (χ0) is 16.2. The lowest BCUT2D eigenvalue weighted by Gasteiger charge is -2.35. The fraction of sp³-hybridized carbons (Fsp3) is 0.438. The number of likely N-dealkylation sites (tertiary alicyclic amines) is 1. The molecule has 0 aliphatic carbocycles. The Bertz CT molecular complexity index is 756. The van der Waals surface area contributed by atoms with E-state index in [1.54, 1.807) is 36.4 Å². The van der Waals surface area contributed by atoms with Gasteiger partial charge in [-0.25, -0.2) is 19.9 Å². The summed E-state index contributed by atoms with van der Waals surface area (Å²) in [5.74, 6) is 0.701. The van der Waals surface area contributed by atoms with E-state index in [0.29, 0.717) is 11.9 Å². The summed E-state index contributed by atoms with van der Waals surface area (Å²) in [6.45, 7) is 2.86. The maximum Gasteiger partial charge on any atom is 0.188 e. The van der Waals surface area contributed by atoms with Crippen LogP contribution in [0.4, 0.5) is 0 Å². The maximum atomic E-state index is 4.72. The third kappa shape index (κ3) is 3.49. The second kappa shape index (κ2) is 7.14. The standard InChI is InChI=1S/C16H19N7S/c1-2-7-22(14(4-1)9-23-12-17-11-20-23)8-13-10-24-16(21-13)15-18-5-3-6-19-15/h3,5-6,10-12,14H,1-2,4,7-9H2. The summed E-state index contributed by atoms with van der Waals surface area (Å²) in [5.41, 5.74) is 1.09. The van der Waals surface area contributed by atoms with E-state index < -0.39 is 0 Å². The van der Waals surface area contributed by atoms with Crippen molar-refractivity contribution in [3.05, 3.63) is 42.2 Å². The molecule has 0 amide bonds. The van der Waals surface area contributed by atoms with Crippen LogP contribution in [0.1, 0.15) is 25.0 Å². The Labute approximate surface area is 144 Å². The van der Waals surface area contributed by atoms with Crippen molar-refractivity contribution in [2.75, 3.05) is 6.54 Å². The Morgan fingerprint density at radius 2 is 2.12 bits per heavy atom. The highest BCUT2D eigenvalue weighted by Gasteiger charge is 2.24. The lowest BCUT2D eigenvalue weighted by molar-refractivity contribution is 0.120. The summed E-state index contributed by atoms with van der Waals surface area (Å²) in [5, 5.41) is 7.25. The smallest absolute Gasteiger partial charge is 0.188 e. The van der Waals surface area contributed by atoms with Gasteiger partial charge >= 0.3 is 0 Å². The molecule has 1 saturated heterocycles. The molecule has 0 spiro atoms. The summed E-state index contributed by atoms with van der Waals surface area (Å²) in [7, 11) is 0. The predicted molar refractivity (Wildman–Crippen MR) is 91.2 cm³/mol. The minimum Gasteiger partial charge on any atom is -0.293 e. The van der Waals surface area contributed by atoms with Crippen molar-refractivity contribution in [2.45, 2.75) is 38.4 Å². The van der Waals surface area contributed by atoms with Crippen molar-refractivity contribution in [3.8, 4) is 10.8 Å². The Morgan fingerprint density at radius 3 is 2.96 bits per heavy atom. The third-order valence-electron chi connectivity index (χ3n) is 4.29. The van der Waals surface area contributed by atoms with Gasteiger partial charge in [0.2, 0.25) is 0 Å². The van der Waals surface area contributed by atoms with E-state index in [-0.39, 0.29) is 0 Å². The fourth-order valence-corrected chi connectivity index (χ4v) is 3.87. The van der Waals surface area contributed by atoms with Gasteiger partial charge in [0.1, 0.15) is 12.7 Å². The summed E-state index contributed by atoms with van der Waals surface area (Å²) in [6.07, 6.45) is 10.6. The molecule has 0 N–H and O–H groups in total. The summed E-state index contributed by atoms with van der Waals surface area (Å²) >= 11 is 1.61. The van der Waals surface area contributed by atoms with Crippen molar-refractivity contribution in [3.63, 3.8) is 0 Å². The van der Waals surface area contributed by atoms with Crippen LogP contribution in [0, 0.1) is 0 Å². The molecule has 1 aliphatic rings. The zero-order valence-corrected chi connectivity index (χ0v) is 14.1. The first-order valence-corrected chi connectivity index (χ1v) is 9.05. The number of nitrogens with zero attached hydrogens (tertiary/aromatic N) is 7. The topological polar surface area (TPSA) is 72.6 Å². The predicted octanol–water partition coefficient (Wildman–Crippen LogP) is 2.25. The Morgan fingerprint density at radius 1 is 1.21 bits per heavy atom. The highest BCUT2D eigenvalue weighted by atomic mass is 32.1. The van der Waals surface area contributed by atoms with Gasteiger partial charge in [0.25, 0.3) is 0 Å². The van der Waals surface area contributed by atoms with E-state index in [4.69, 9.17) is 4.98 Å². The van der Waals surface area contributed by atoms with Crippen LogP contribution in [-0.4, -0.2) is 47.2 Å². The van der Waals surface area contributed by atoms with Gasteiger partial charge in [0, 0.05) is 30.4 Å². The van der Waals surface area contributed by atoms with Crippen LogP contribution < -0.4 is 0 Å². The quantitative estimate of drug-likeness (QED) is 0.709. The molecule has 1 fully saturated rings. The number of hydrogen-bond acceptors (Lipinski definition) is 7. The lowest BCUT2D eigenvalue weighted by Crippen LogP contribution is -2.41. The van der Waals surface area contributed by atoms with Crippen LogP contribution in [-0.2, 0) is 13.1 Å². The van der Waals surface area contributed by atoms with Crippen LogP contribution in [0.25, 0.3) is 10.8 Å². The van der Waals surface area contributed by atoms with Crippen LogP contribution in [0.15, 0.2) is 36.5 Å². The first-order valence-electron chi connectivity index (χ1n) is 8.17. The van der Waals surface area contributed by atoms with Gasteiger partial charge in [-0.05, 0) is 25.5 Å². The molecule has 1 unspecified atom stereocenters. The second-order valence-electron chi connectivity index (χ2n) is 5.95. The summed E-state index contributed by atoms with van der Waals surface area (Å²) < 4.78 is 1.92. The van der Waals surface area contributed by atoms with E-state index in [2.05, 4.69) is 30.3 Å². The Balaban J connectivity index is 1.46. The van der Waals surface area contributed by atoms with E-state index in [9.17, 15) is 0 Å². The molecule has 4 heterocycles. The zero-order valence-electron chi connectivity index (χ0n) is 13.3. The van der Waals surface area contributed by atoms with E-state index in [1.165, 1.54) is 19.3 Å². The van der Waals surface area contributed by atoms with Gasteiger partial charge in [0.05, 0.1) is 12.2 Å². The number of hydrogen-bond donors (Lipinski definition) is 0. The van der Waals surface area contributed by atoms with Crippen molar-refractivity contribution in [2.24, 2.45) is 0 Å². The molecule has 0 radical (unpaired) electrons. The van der Waals surface area contributed by atoms with Gasteiger partial charge in [-0.2, -0.15) is 5.10 Å². The largest absolute Gasteiger partial charge is 0.293 e. The minimum atomic E-state index is 0.485. The summed E-state index contributed by atoms with van der Waals surface area (Å²) in [4.78, 5) is 19.8. The van der Waals surface area contributed by atoms with E-state index >= 15 is 0 Å². The van der Waals surface area contributed by atoms with Gasteiger partial charge in [-0.15, -0.1) is 11.3 Å². The molecule has 0 bridgehead atoms. The molecule has 1 atom stereocenters. The molecule has 3 aromatic rings. The Hall–Kier alpha value is -2.19. The first kappa shape index (κ1) is 15.3. The van der Waals surface area contributed by atoms with Crippen molar-refractivity contribution < 1.29 is 0 Å². The van der Waals surface area contributed by atoms with Crippen LogP contribution in [0.3, 0.4) is 0 Å². The van der Waals surface area contributed by atoms with E-state index in [0.717, 1.165) is 30.3 Å². The molecule has 1 aliphatic heterocycles. The average molecular weight is 341 g/mol. The number of rotatable bonds is 5. The number of aromatic nitrogens is 6. The molecule has 24 heavy (non-hydrogen) atoms. The highest BCUT2D eigenvalue weighted by Crippen LogP contribution is 2.24. The molecular formula is C16H19N7S. The molecule has 8 heteroatoms. The van der Waals surface area contributed by atoms with Gasteiger partial charge in [0.15, 0.2) is 10.8 Å². The van der Waals surface area contributed by atoms with Crippen LogP contribution in [0.2, 0.25) is 0 Å².